The Labute approximate surface area is 190 Å². The molecule has 8 heteroatoms. The molecule has 0 radical (unpaired) electrons. The fourth-order valence-electron chi connectivity index (χ4n) is 3.89. The van der Waals surface area contributed by atoms with Crippen LogP contribution in [0, 0.1) is 6.92 Å². The minimum absolute atomic E-state index is 0.218. The second-order valence-electron chi connectivity index (χ2n) is 7.95. The number of nitrogens with zero attached hydrogens (tertiary/aromatic N) is 4. The van der Waals surface area contributed by atoms with Gasteiger partial charge in [-0.15, -0.1) is 11.3 Å². The van der Waals surface area contributed by atoms with Crippen LogP contribution in [0.1, 0.15) is 39.1 Å². The number of imidazole rings is 1. The van der Waals surface area contributed by atoms with Gasteiger partial charge in [-0.05, 0) is 37.2 Å². The number of hydrogen-bond donors (Lipinski definition) is 1. The molecule has 7 nitrogen and oxygen atoms in total. The van der Waals surface area contributed by atoms with Crippen molar-refractivity contribution in [2.45, 2.75) is 33.4 Å². The summed E-state index contributed by atoms with van der Waals surface area (Å²) in [6.45, 7) is 7.43. The summed E-state index contributed by atoms with van der Waals surface area (Å²) in [7, 11) is 0. The number of carbonyl (C=O) groups is 1. The number of likely N-dealkylation sites (N-methyl/N-ethyl adjacent to an activating group) is 1. The molecule has 1 aliphatic heterocycles. The zero-order chi connectivity index (χ0) is 22.1. The lowest BCUT2D eigenvalue weighted by molar-refractivity contribution is 0.102. The van der Waals surface area contributed by atoms with Crippen LogP contribution in [0.4, 0.5) is 5.13 Å². The number of ether oxygens (including phenoxy) is 1. The van der Waals surface area contributed by atoms with E-state index in [0.29, 0.717) is 16.4 Å². The molecule has 0 aliphatic carbocycles. The Bertz CT molecular complexity index is 1280. The number of hydrogen-bond acceptors (Lipinski definition) is 6. The van der Waals surface area contributed by atoms with E-state index in [2.05, 4.69) is 27.1 Å². The highest BCUT2D eigenvalue weighted by Crippen LogP contribution is 2.29. The summed E-state index contributed by atoms with van der Waals surface area (Å²) in [5.41, 5.74) is 4.42. The first-order valence-electron chi connectivity index (χ1n) is 10.8. The maximum Gasteiger partial charge on any atom is 0.261 e. The monoisotopic (exact) mass is 447 g/mol. The van der Waals surface area contributed by atoms with Crippen molar-refractivity contribution in [2.24, 2.45) is 0 Å². The fourth-order valence-corrected chi connectivity index (χ4v) is 4.94. The highest BCUT2D eigenvalue weighted by Gasteiger charge is 2.21. The Morgan fingerprint density at radius 3 is 2.94 bits per heavy atom. The second-order valence-corrected chi connectivity index (χ2v) is 9.03. The lowest BCUT2D eigenvalue weighted by atomic mass is 10.2. The van der Waals surface area contributed by atoms with E-state index in [1.165, 1.54) is 4.88 Å². The maximum absolute atomic E-state index is 13.0. The summed E-state index contributed by atoms with van der Waals surface area (Å²) in [4.78, 5) is 25.9. The van der Waals surface area contributed by atoms with E-state index in [1.54, 1.807) is 23.5 Å². The molecule has 1 aromatic carbocycles. The summed E-state index contributed by atoms with van der Waals surface area (Å²) >= 11 is 1.56. The number of rotatable bonds is 6. The Morgan fingerprint density at radius 2 is 2.06 bits per heavy atom. The van der Waals surface area contributed by atoms with E-state index in [0.717, 1.165) is 48.7 Å². The third kappa shape index (κ3) is 4.24. The van der Waals surface area contributed by atoms with Gasteiger partial charge in [0.25, 0.3) is 5.91 Å². The third-order valence-corrected chi connectivity index (χ3v) is 6.63. The zero-order valence-corrected chi connectivity index (χ0v) is 19.0. The molecule has 0 fully saturated rings. The molecule has 0 unspecified atom stereocenters. The number of benzene rings is 1. The number of nitrogens with one attached hydrogen (secondary N) is 1. The topological polar surface area (TPSA) is 71.8 Å². The molecule has 0 saturated carbocycles. The van der Waals surface area contributed by atoms with Crippen LogP contribution in [0.15, 0.2) is 48.8 Å². The van der Waals surface area contributed by atoms with Gasteiger partial charge in [-0.2, -0.15) is 0 Å². The molecule has 1 amide bonds. The number of thiazole rings is 1. The number of aryl methyl sites for hydroxylation is 1. The van der Waals surface area contributed by atoms with Gasteiger partial charge in [0.1, 0.15) is 18.0 Å². The molecule has 1 N–H and O–H groups in total. The van der Waals surface area contributed by atoms with Crippen molar-refractivity contribution in [3.63, 3.8) is 0 Å². The Balaban J connectivity index is 1.29. The summed E-state index contributed by atoms with van der Waals surface area (Å²) in [5.74, 6) is 0.307. The smallest absolute Gasteiger partial charge is 0.261 e. The van der Waals surface area contributed by atoms with E-state index in [-0.39, 0.29) is 12.5 Å². The van der Waals surface area contributed by atoms with Crippen molar-refractivity contribution < 1.29 is 9.53 Å². The molecule has 1 aliphatic rings. The largest absolute Gasteiger partial charge is 0.486 e. The number of anilines is 1. The van der Waals surface area contributed by atoms with Crippen molar-refractivity contribution in [3.05, 3.63) is 76.2 Å². The molecule has 4 aromatic rings. The molecule has 5 rings (SSSR count). The van der Waals surface area contributed by atoms with Gasteiger partial charge in [0.15, 0.2) is 5.13 Å². The second kappa shape index (κ2) is 8.72. The van der Waals surface area contributed by atoms with Gasteiger partial charge in [-0.25, -0.2) is 9.97 Å². The van der Waals surface area contributed by atoms with Crippen LogP contribution in [0.2, 0.25) is 0 Å². The number of carbonyl (C=O) groups excluding carboxylic acids is 1. The van der Waals surface area contributed by atoms with Gasteiger partial charge in [0, 0.05) is 36.8 Å². The SMILES string of the molecule is CCN1CCc2nc(NC(=O)c3ccccc3OCc3cn4cc(C)ccc4n3)sc2C1. The molecule has 0 bridgehead atoms. The number of pyridine rings is 1. The Morgan fingerprint density at radius 1 is 1.19 bits per heavy atom. The van der Waals surface area contributed by atoms with Crippen LogP contribution in [0.25, 0.3) is 5.65 Å². The van der Waals surface area contributed by atoms with E-state index < -0.39 is 0 Å². The van der Waals surface area contributed by atoms with Crippen molar-refractivity contribution in [3.8, 4) is 5.75 Å². The van der Waals surface area contributed by atoms with Gasteiger partial charge < -0.3 is 9.14 Å². The standard InChI is InChI=1S/C24H25N5O2S/c1-3-28-11-10-19-21(14-28)32-24(26-19)27-23(30)18-6-4-5-7-20(18)31-15-17-13-29-12-16(2)8-9-22(29)25-17/h4-9,12-13H,3,10-11,14-15H2,1-2H3,(H,26,27,30). The third-order valence-electron chi connectivity index (χ3n) is 5.63. The van der Waals surface area contributed by atoms with Crippen molar-refractivity contribution in [1.82, 2.24) is 19.3 Å². The Hall–Kier alpha value is -3.23. The highest BCUT2D eigenvalue weighted by molar-refractivity contribution is 7.15. The number of amides is 1. The van der Waals surface area contributed by atoms with E-state index in [4.69, 9.17) is 4.74 Å². The molecule has 0 saturated heterocycles. The minimum atomic E-state index is -0.218. The first kappa shape index (κ1) is 20.7. The molecule has 32 heavy (non-hydrogen) atoms. The highest BCUT2D eigenvalue weighted by atomic mass is 32.1. The summed E-state index contributed by atoms with van der Waals surface area (Å²) < 4.78 is 7.97. The molecule has 0 atom stereocenters. The van der Waals surface area contributed by atoms with Crippen molar-refractivity contribution >= 4 is 28.0 Å². The predicted octanol–water partition coefficient (Wildman–Crippen LogP) is 4.31. The Kier molecular flexibility index (Phi) is 5.63. The van der Waals surface area contributed by atoms with Crippen LogP contribution in [-0.4, -0.2) is 38.3 Å². The van der Waals surface area contributed by atoms with Crippen molar-refractivity contribution in [2.75, 3.05) is 18.4 Å². The lowest BCUT2D eigenvalue weighted by Gasteiger charge is -2.23. The zero-order valence-electron chi connectivity index (χ0n) is 18.2. The van der Waals surface area contributed by atoms with Crippen LogP contribution < -0.4 is 10.1 Å². The van der Waals surface area contributed by atoms with E-state index in [9.17, 15) is 4.79 Å². The first-order chi connectivity index (χ1) is 15.6. The molecule has 4 heterocycles. The van der Waals surface area contributed by atoms with Gasteiger partial charge in [-0.1, -0.05) is 25.1 Å². The van der Waals surface area contributed by atoms with Crippen molar-refractivity contribution in [1.29, 1.82) is 0 Å². The number of fused-ring (bicyclic) bond motifs is 2. The summed E-state index contributed by atoms with van der Waals surface area (Å²) in [5, 5.41) is 3.61. The first-order valence-corrected chi connectivity index (χ1v) is 11.6. The number of para-hydroxylation sites is 1. The van der Waals surface area contributed by atoms with Crippen LogP contribution in [0.5, 0.6) is 5.75 Å². The maximum atomic E-state index is 13.0. The molecule has 0 spiro atoms. The predicted molar refractivity (Wildman–Crippen MR) is 125 cm³/mol. The van der Waals surface area contributed by atoms with E-state index >= 15 is 0 Å². The van der Waals surface area contributed by atoms with E-state index in [1.807, 2.05) is 48.0 Å². The van der Waals surface area contributed by atoms with Gasteiger partial charge in [0.2, 0.25) is 0 Å². The van der Waals surface area contributed by atoms with Gasteiger partial charge in [-0.3, -0.25) is 15.0 Å². The molecule has 164 valence electrons. The summed E-state index contributed by atoms with van der Waals surface area (Å²) in [6, 6.07) is 11.3. The average Bonchev–Trinajstić information content (AvgIpc) is 3.39. The number of aromatic nitrogens is 3. The van der Waals surface area contributed by atoms with Crippen LogP contribution in [0.3, 0.4) is 0 Å². The lowest BCUT2D eigenvalue weighted by Crippen LogP contribution is -2.29. The van der Waals surface area contributed by atoms with Crippen LogP contribution >= 0.6 is 11.3 Å². The summed E-state index contributed by atoms with van der Waals surface area (Å²) in [6.07, 6.45) is 4.90. The normalized spacial score (nSPS) is 13.8. The molecule has 3 aromatic heterocycles. The van der Waals surface area contributed by atoms with Gasteiger partial charge in [0.05, 0.1) is 17.0 Å². The molecular weight excluding hydrogens is 422 g/mol. The quantitative estimate of drug-likeness (QED) is 0.477. The average molecular weight is 448 g/mol. The minimum Gasteiger partial charge on any atom is -0.486 e. The van der Waals surface area contributed by atoms with Crippen LogP contribution in [-0.2, 0) is 19.6 Å². The van der Waals surface area contributed by atoms with Gasteiger partial charge >= 0.3 is 0 Å². The fraction of sp³-hybridized carbons (Fsp3) is 0.292. The molecular formula is C24H25N5O2S.